The lowest BCUT2D eigenvalue weighted by Crippen LogP contribution is -2.35. The summed E-state index contributed by atoms with van der Waals surface area (Å²) in [6.07, 6.45) is 2.61. The van der Waals surface area contributed by atoms with E-state index in [-0.39, 0.29) is 6.10 Å². The van der Waals surface area contributed by atoms with Crippen LogP contribution in [0, 0.1) is 12.8 Å². The molecule has 0 radical (unpaired) electrons. The summed E-state index contributed by atoms with van der Waals surface area (Å²) in [5.41, 5.74) is 7.87. The Labute approximate surface area is 103 Å². The van der Waals surface area contributed by atoms with Crippen molar-refractivity contribution in [2.45, 2.75) is 32.8 Å². The number of piperidine rings is 1. The molecule has 1 aliphatic heterocycles. The van der Waals surface area contributed by atoms with Gasteiger partial charge in [0.15, 0.2) is 0 Å². The van der Waals surface area contributed by atoms with Gasteiger partial charge in [0.05, 0.1) is 11.8 Å². The second-order valence-corrected chi connectivity index (χ2v) is 4.95. The number of ether oxygens (including phenoxy) is 1. The Morgan fingerprint density at radius 1 is 1.35 bits per heavy atom. The van der Waals surface area contributed by atoms with Crippen molar-refractivity contribution in [2.24, 2.45) is 5.92 Å². The van der Waals surface area contributed by atoms with Crippen molar-refractivity contribution >= 4 is 5.69 Å². The number of hydrogen-bond acceptors (Lipinski definition) is 3. The first-order valence-corrected chi connectivity index (χ1v) is 6.40. The van der Waals surface area contributed by atoms with Gasteiger partial charge in [0.1, 0.15) is 5.75 Å². The first-order chi connectivity index (χ1) is 8.16. The summed E-state index contributed by atoms with van der Waals surface area (Å²) in [5, 5.41) is 3.37. The highest BCUT2D eigenvalue weighted by atomic mass is 16.5. The molecule has 94 valence electrons. The average molecular weight is 234 g/mol. The van der Waals surface area contributed by atoms with Crippen LogP contribution < -0.4 is 15.8 Å². The SMILES string of the molecule is Cc1ccc(OC(C)C2CCNCC2)c(N)c1. The molecule has 1 heterocycles. The molecule has 1 unspecified atom stereocenters. The minimum atomic E-state index is 0.238. The van der Waals surface area contributed by atoms with Gasteiger partial charge < -0.3 is 15.8 Å². The van der Waals surface area contributed by atoms with Crippen molar-refractivity contribution in [3.05, 3.63) is 23.8 Å². The van der Waals surface area contributed by atoms with Gasteiger partial charge in [-0.3, -0.25) is 0 Å². The number of anilines is 1. The molecular weight excluding hydrogens is 212 g/mol. The minimum absolute atomic E-state index is 0.238. The zero-order valence-corrected chi connectivity index (χ0v) is 10.7. The molecule has 17 heavy (non-hydrogen) atoms. The van der Waals surface area contributed by atoms with E-state index >= 15 is 0 Å². The van der Waals surface area contributed by atoms with Crippen molar-refractivity contribution in [3.8, 4) is 5.75 Å². The summed E-state index contributed by atoms with van der Waals surface area (Å²) in [4.78, 5) is 0. The van der Waals surface area contributed by atoms with Crippen molar-refractivity contribution in [3.63, 3.8) is 0 Å². The predicted octanol–water partition coefficient (Wildman–Crippen LogP) is 2.34. The van der Waals surface area contributed by atoms with Crippen LogP contribution in [0.1, 0.15) is 25.3 Å². The molecule has 0 saturated carbocycles. The van der Waals surface area contributed by atoms with E-state index in [2.05, 4.69) is 12.2 Å². The van der Waals surface area contributed by atoms with Crippen LogP contribution in [0.2, 0.25) is 0 Å². The Balaban J connectivity index is 1.99. The molecule has 3 N–H and O–H groups in total. The summed E-state index contributed by atoms with van der Waals surface area (Å²) < 4.78 is 5.99. The van der Waals surface area contributed by atoms with E-state index in [1.165, 1.54) is 18.4 Å². The number of benzene rings is 1. The topological polar surface area (TPSA) is 47.3 Å². The molecule has 3 heteroatoms. The summed E-state index contributed by atoms with van der Waals surface area (Å²) in [7, 11) is 0. The molecule has 0 aliphatic carbocycles. The van der Waals surface area contributed by atoms with Gasteiger partial charge in [-0.25, -0.2) is 0 Å². The second kappa shape index (κ2) is 5.41. The number of nitrogen functional groups attached to an aromatic ring is 1. The lowest BCUT2D eigenvalue weighted by atomic mass is 9.93. The lowest BCUT2D eigenvalue weighted by molar-refractivity contribution is 0.129. The van der Waals surface area contributed by atoms with Gasteiger partial charge in [0.2, 0.25) is 0 Å². The van der Waals surface area contributed by atoms with Crippen LogP contribution >= 0.6 is 0 Å². The van der Waals surface area contributed by atoms with E-state index < -0.39 is 0 Å². The van der Waals surface area contributed by atoms with Gasteiger partial charge in [0, 0.05) is 0 Å². The third kappa shape index (κ3) is 3.13. The van der Waals surface area contributed by atoms with Gasteiger partial charge >= 0.3 is 0 Å². The molecule has 1 atom stereocenters. The van der Waals surface area contributed by atoms with E-state index in [1.807, 2.05) is 25.1 Å². The highest BCUT2D eigenvalue weighted by Crippen LogP contribution is 2.27. The fourth-order valence-corrected chi connectivity index (χ4v) is 2.39. The summed E-state index contributed by atoms with van der Waals surface area (Å²) in [6.45, 7) is 6.38. The standard InChI is InChI=1S/C14H22N2O/c1-10-3-4-14(13(15)9-10)17-11(2)12-5-7-16-8-6-12/h3-4,9,11-12,16H,5-8,15H2,1-2H3. The maximum Gasteiger partial charge on any atom is 0.142 e. The molecule has 1 aromatic rings. The fraction of sp³-hybridized carbons (Fsp3) is 0.571. The van der Waals surface area contributed by atoms with E-state index in [0.29, 0.717) is 5.92 Å². The molecule has 2 rings (SSSR count). The summed E-state index contributed by atoms with van der Waals surface area (Å²) in [6, 6.07) is 5.98. The Morgan fingerprint density at radius 3 is 2.71 bits per heavy atom. The molecule has 1 aliphatic rings. The maximum absolute atomic E-state index is 5.99. The van der Waals surface area contributed by atoms with Gasteiger partial charge in [-0.05, 0) is 63.4 Å². The van der Waals surface area contributed by atoms with Gasteiger partial charge in [0.25, 0.3) is 0 Å². The normalized spacial score (nSPS) is 18.9. The second-order valence-electron chi connectivity index (χ2n) is 4.95. The molecular formula is C14H22N2O. The Morgan fingerprint density at radius 2 is 2.06 bits per heavy atom. The lowest BCUT2D eigenvalue weighted by Gasteiger charge is -2.29. The van der Waals surface area contributed by atoms with Crippen LogP contribution in [0.25, 0.3) is 0 Å². The molecule has 1 saturated heterocycles. The molecule has 3 nitrogen and oxygen atoms in total. The quantitative estimate of drug-likeness (QED) is 0.789. The average Bonchev–Trinajstić information content (AvgIpc) is 2.34. The largest absolute Gasteiger partial charge is 0.488 e. The van der Waals surface area contributed by atoms with Gasteiger partial charge in [-0.15, -0.1) is 0 Å². The van der Waals surface area contributed by atoms with Gasteiger partial charge in [-0.1, -0.05) is 6.07 Å². The summed E-state index contributed by atoms with van der Waals surface area (Å²) >= 11 is 0. The van der Waals surface area contributed by atoms with Crippen molar-refractivity contribution < 1.29 is 4.74 Å². The highest BCUT2D eigenvalue weighted by Gasteiger charge is 2.21. The molecule has 0 aromatic heterocycles. The number of aryl methyl sites for hydroxylation is 1. The molecule has 0 spiro atoms. The van der Waals surface area contributed by atoms with Crippen LogP contribution in [0.4, 0.5) is 5.69 Å². The predicted molar refractivity (Wildman–Crippen MR) is 71.3 cm³/mol. The zero-order chi connectivity index (χ0) is 12.3. The Kier molecular flexibility index (Phi) is 3.89. The van der Waals surface area contributed by atoms with Crippen LogP contribution in [0.3, 0.4) is 0 Å². The number of nitrogens with one attached hydrogen (secondary N) is 1. The first kappa shape index (κ1) is 12.2. The third-order valence-electron chi connectivity index (χ3n) is 3.53. The van der Waals surface area contributed by atoms with E-state index in [0.717, 1.165) is 24.5 Å². The number of nitrogens with two attached hydrogens (primary N) is 1. The molecule has 0 bridgehead atoms. The number of rotatable bonds is 3. The highest BCUT2D eigenvalue weighted by molar-refractivity contribution is 5.54. The van der Waals surface area contributed by atoms with Crippen LogP contribution in [0.15, 0.2) is 18.2 Å². The number of hydrogen-bond donors (Lipinski definition) is 2. The van der Waals surface area contributed by atoms with E-state index in [1.54, 1.807) is 0 Å². The Bertz CT molecular complexity index is 372. The first-order valence-electron chi connectivity index (χ1n) is 6.40. The van der Waals surface area contributed by atoms with Crippen molar-refractivity contribution in [1.29, 1.82) is 0 Å². The van der Waals surface area contributed by atoms with Crippen molar-refractivity contribution in [2.75, 3.05) is 18.8 Å². The van der Waals surface area contributed by atoms with Crippen LogP contribution in [0.5, 0.6) is 5.75 Å². The van der Waals surface area contributed by atoms with Crippen LogP contribution in [-0.2, 0) is 0 Å². The maximum atomic E-state index is 5.99. The summed E-state index contributed by atoms with van der Waals surface area (Å²) in [5.74, 6) is 1.46. The molecule has 1 aromatic carbocycles. The smallest absolute Gasteiger partial charge is 0.142 e. The van der Waals surface area contributed by atoms with Crippen LogP contribution in [-0.4, -0.2) is 19.2 Å². The fourth-order valence-electron chi connectivity index (χ4n) is 2.39. The van der Waals surface area contributed by atoms with E-state index in [4.69, 9.17) is 10.5 Å². The monoisotopic (exact) mass is 234 g/mol. The molecule has 0 amide bonds. The minimum Gasteiger partial charge on any atom is -0.488 e. The van der Waals surface area contributed by atoms with E-state index in [9.17, 15) is 0 Å². The molecule has 1 fully saturated rings. The zero-order valence-electron chi connectivity index (χ0n) is 10.7. The van der Waals surface area contributed by atoms with Crippen molar-refractivity contribution in [1.82, 2.24) is 5.32 Å². The Hall–Kier alpha value is -1.22. The van der Waals surface area contributed by atoms with Gasteiger partial charge in [-0.2, -0.15) is 0 Å². The third-order valence-corrected chi connectivity index (χ3v) is 3.53.